The second-order valence-corrected chi connectivity index (χ2v) is 24.2. The number of alkyl halides is 2. The number of unbranched alkanes of at least 4 members (excludes halogenated alkanes) is 10. The zero-order chi connectivity index (χ0) is 64.0. The van der Waals surface area contributed by atoms with E-state index in [1.807, 2.05) is 0 Å². The molecule has 0 bridgehead atoms. The molecule has 1 fully saturated rings. The van der Waals surface area contributed by atoms with Gasteiger partial charge >= 0.3 is 27.2 Å². The fourth-order valence-electron chi connectivity index (χ4n) is 10.5. The number of rotatable bonds is 39. The molecule has 3 aromatic rings. The van der Waals surface area contributed by atoms with Crippen molar-refractivity contribution < 1.29 is 97.3 Å². The minimum Gasteiger partial charge on any atom is -0.496 e. The standard InChI is InChI=1S/C63H94F2N2O19S/c1-14-16-18-20-22-24-26-67(27-25-23-21-19-17-15-2)60(70)63(64,65)87(71,72)84-42-62(40-82-61(3,4)83-41-62)39-81-38-55(68)66(5)34-48-51(77-10)33-50(76-9)47-32-54(56(86-57(47)48)43-30-52(78-11)58(80-13)53(31-43)79-12)85-59(69)44-28-45(35-73-6)49(37-75-8)46(29-44)36-74-7/h28-31,33,54,56H,14-27,32,34-42H2,1-13H3. The molecule has 87 heavy (non-hydrogen) atoms. The maximum absolute atomic E-state index is 16.1. The molecular weight excluding hydrogens is 1160 g/mol. The SMILES string of the molecule is CCCCCCCCN(CCCCCCCC)C(=O)C(F)(F)S(=O)(=O)OCC1(COCC(=O)N(C)Cc2c(OC)cc(OC)c3c2OC(c2cc(OC)c(OC)c(OC)c2)C(OC(=O)c2cc(COC)c(COC)c(COC)c2)C3)COC(C)(C)OC1. The molecule has 0 aromatic heterocycles. The van der Waals surface area contributed by atoms with Crippen LogP contribution in [0.5, 0.6) is 34.5 Å². The summed E-state index contributed by atoms with van der Waals surface area (Å²) >= 11 is 0. The number of carbonyl (C=O) groups excluding carboxylic acids is 3. The van der Waals surface area contributed by atoms with Crippen LogP contribution in [0.1, 0.15) is 155 Å². The average molecular weight is 1250 g/mol. The second-order valence-electron chi connectivity index (χ2n) is 22.6. The largest absolute Gasteiger partial charge is 0.496 e. The third kappa shape index (κ3) is 19.2. The Morgan fingerprint density at radius 2 is 1.20 bits per heavy atom. The Bertz CT molecular complexity index is 2740. The number of benzene rings is 3. The molecule has 21 nitrogen and oxygen atoms in total. The quantitative estimate of drug-likeness (QED) is 0.0294. The number of ether oxygens (including phenoxy) is 13. The third-order valence-electron chi connectivity index (χ3n) is 15.5. The van der Waals surface area contributed by atoms with Crippen LogP contribution in [-0.4, -0.2) is 163 Å². The highest BCUT2D eigenvalue weighted by Crippen LogP contribution is 2.50. The van der Waals surface area contributed by atoms with E-state index < -0.39 is 76.4 Å². The first-order valence-electron chi connectivity index (χ1n) is 29.8. The molecule has 2 unspecified atom stereocenters. The van der Waals surface area contributed by atoms with Crippen molar-refractivity contribution in [1.82, 2.24) is 9.80 Å². The van der Waals surface area contributed by atoms with Crippen molar-refractivity contribution in [1.29, 1.82) is 0 Å². The second kappa shape index (κ2) is 34.4. The van der Waals surface area contributed by atoms with E-state index in [0.717, 1.165) is 61.8 Å². The Kier molecular flexibility index (Phi) is 28.5. The maximum atomic E-state index is 16.1. The molecule has 1 saturated heterocycles. The van der Waals surface area contributed by atoms with Gasteiger partial charge in [0.1, 0.15) is 30.0 Å². The number of halogens is 2. The molecule has 3 aromatic carbocycles. The Labute approximate surface area is 513 Å². The Morgan fingerprint density at radius 1 is 0.667 bits per heavy atom. The maximum Gasteiger partial charge on any atom is 0.447 e. The first kappa shape index (κ1) is 72.1. The van der Waals surface area contributed by atoms with Crippen LogP contribution in [0.4, 0.5) is 8.78 Å². The molecule has 0 spiro atoms. The molecular formula is C63H94F2N2O19S. The summed E-state index contributed by atoms with van der Waals surface area (Å²) in [6.45, 7) is 5.32. The van der Waals surface area contributed by atoms with Crippen molar-refractivity contribution in [2.75, 3.05) is 110 Å². The van der Waals surface area contributed by atoms with E-state index in [1.54, 1.807) is 65.5 Å². The van der Waals surface area contributed by atoms with Gasteiger partial charge in [0, 0.05) is 65.1 Å². The van der Waals surface area contributed by atoms with Crippen LogP contribution in [0.3, 0.4) is 0 Å². The molecule has 5 rings (SSSR count). The highest BCUT2D eigenvalue weighted by Gasteiger charge is 2.57. The Morgan fingerprint density at radius 3 is 1.70 bits per heavy atom. The van der Waals surface area contributed by atoms with Gasteiger partial charge in [0.15, 0.2) is 23.4 Å². The molecule has 24 heteroatoms. The van der Waals surface area contributed by atoms with E-state index in [0.29, 0.717) is 76.5 Å². The first-order valence-corrected chi connectivity index (χ1v) is 31.2. The average Bonchev–Trinajstić information content (AvgIpc) is 1.69. The predicted molar refractivity (Wildman–Crippen MR) is 319 cm³/mol. The minimum atomic E-state index is -5.88. The minimum absolute atomic E-state index is 0.0178. The fourth-order valence-corrected chi connectivity index (χ4v) is 11.4. The summed E-state index contributed by atoms with van der Waals surface area (Å²) in [6, 6.07) is 8.38. The van der Waals surface area contributed by atoms with E-state index in [4.69, 9.17) is 65.8 Å². The highest BCUT2D eigenvalue weighted by atomic mass is 32.2. The molecule has 0 saturated carbocycles. The van der Waals surface area contributed by atoms with Crippen molar-refractivity contribution in [3.8, 4) is 34.5 Å². The van der Waals surface area contributed by atoms with Crippen LogP contribution in [0.2, 0.25) is 0 Å². The van der Waals surface area contributed by atoms with Gasteiger partial charge in [0.25, 0.3) is 0 Å². The lowest BCUT2D eigenvalue weighted by Gasteiger charge is -2.42. The monoisotopic (exact) mass is 1250 g/mol. The van der Waals surface area contributed by atoms with Gasteiger partial charge in [-0.1, -0.05) is 78.1 Å². The lowest BCUT2D eigenvalue weighted by atomic mass is 9.91. The first-order chi connectivity index (χ1) is 41.6. The molecule has 0 aliphatic carbocycles. The summed E-state index contributed by atoms with van der Waals surface area (Å²) in [4.78, 5) is 44.6. The molecule has 2 amide bonds. The molecule has 0 N–H and O–H groups in total. The van der Waals surface area contributed by atoms with E-state index >= 15 is 8.78 Å². The van der Waals surface area contributed by atoms with Crippen molar-refractivity contribution >= 4 is 27.9 Å². The number of methoxy groups -OCH3 is 8. The van der Waals surface area contributed by atoms with Gasteiger partial charge in [0.05, 0.1) is 105 Å². The van der Waals surface area contributed by atoms with E-state index in [1.165, 1.54) is 47.5 Å². The number of likely N-dealkylation sites (N-methyl/N-ethyl adjacent to an activating group) is 1. The zero-order valence-electron chi connectivity index (χ0n) is 53.3. The van der Waals surface area contributed by atoms with Gasteiger partial charge in [-0.3, -0.25) is 13.8 Å². The van der Waals surface area contributed by atoms with Gasteiger partial charge in [-0.05, 0) is 67.6 Å². The summed E-state index contributed by atoms with van der Waals surface area (Å²) in [7, 11) is 7.61. The van der Waals surface area contributed by atoms with Crippen LogP contribution in [0.25, 0.3) is 0 Å². The number of esters is 1. The Hall–Kier alpha value is -5.60. The van der Waals surface area contributed by atoms with E-state index in [-0.39, 0.29) is 76.2 Å². The molecule has 2 aliphatic heterocycles. The number of fused-ring (bicyclic) bond motifs is 1. The molecule has 2 atom stereocenters. The molecule has 2 aliphatic rings. The van der Waals surface area contributed by atoms with Crippen molar-refractivity contribution in [2.24, 2.45) is 5.41 Å². The van der Waals surface area contributed by atoms with Crippen LogP contribution in [0, 0.1) is 5.41 Å². The number of hydrogen-bond acceptors (Lipinski definition) is 19. The van der Waals surface area contributed by atoms with E-state index in [9.17, 15) is 22.8 Å². The number of hydrogen-bond donors (Lipinski definition) is 0. The van der Waals surface area contributed by atoms with Crippen LogP contribution in [0.15, 0.2) is 30.3 Å². The summed E-state index contributed by atoms with van der Waals surface area (Å²) in [5.41, 5.74) is 2.24. The van der Waals surface area contributed by atoms with Crippen molar-refractivity contribution in [3.05, 3.63) is 69.3 Å². The van der Waals surface area contributed by atoms with Gasteiger partial charge < -0.3 is 71.4 Å². The molecule has 2 heterocycles. The number of amides is 2. The van der Waals surface area contributed by atoms with Gasteiger partial charge in [-0.2, -0.15) is 17.2 Å². The summed E-state index contributed by atoms with van der Waals surface area (Å²) in [6.07, 6.45) is 8.05. The van der Waals surface area contributed by atoms with Crippen molar-refractivity contribution in [2.45, 2.75) is 161 Å². The van der Waals surface area contributed by atoms with Crippen LogP contribution >= 0.6 is 0 Å². The number of nitrogens with zero attached hydrogens (tertiary/aromatic N) is 2. The van der Waals surface area contributed by atoms with Gasteiger partial charge in [-0.15, -0.1) is 0 Å². The van der Waals surface area contributed by atoms with Crippen LogP contribution < -0.4 is 28.4 Å². The highest BCUT2D eigenvalue weighted by molar-refractivity contribution is 7.88. The van der Waals surface area contributed by atoms with Crippen LogP contribution in [-0.2, 0) is 89.8 Å². The summed E-state index contributed by atoms with van der Waals surface area (Å²) in [5.74, 6) is -2.49. The van der Waals surface area contributed by atoms with Gasteiger partial charge in [-0.25, -0.2) is 4.79 Å². The normalized spacial score (nSPS) is 16.3. The smallest absolute Gasteiger partial charge is 0.447 e. The van der Waals surface area contributed by atoms with E-state index in [2.05, 4.69) is 13.8 Å². The lowest BCUT2D eigenvalue weighted by Crippen LogP contribution is -2.53. The fraction of sp³-hybridized carbons (Fsp3) is 0.667. The predicted octanol–water partition coefficient (Wildman–Crippen LogP) is 10.3. The van der Waals surface area contributed by atoms with Crippen molar-refractivity contribution in [3.63, 3.8) is 0 Å². The van der Waals surface area contributed by atoms with Gasteiger partial charge in [0.2, 0.25) is 11.7 Å². The third-order valence-corrected chi connectivity index (χ3v) is 16.7. The topological polar surface area (TPSA) is 221 Å². The molecule has 0 radical (unpaired) electrons. The summed E-state index contributed by atoms with van der Waals surface area (Å²) < 4.78 is 141. The Balaban J connectivity index is 1.41. The zero-order valence-corrected chi connectivity index (χ0v) is 54.1. The number of carbonyl (C=O) groups is 3. The summed E-state index contributed by atoms with van der Waals surface area (Å²) in [5, 5.41) is -4.92. The lowest BCUT2D eigenvalue weighted by molar-refractivity contribution is -0.295. The molecule has 490 valence electrons.